The first-order chi connectivity index (χ1) is 8.28. The van der Waals surface area contributed by atoms with Crippen molar-refractivity contribution in [1.29, 1.82) is 0 Å². The van der Waals surface area contributed by atoms with Gasteiger partial charge in [0.05, 0.1) is 0 Å². The molecule has 94 valence electrons. The van der Waals surface area contributed by atoms with Crippen molar-refractivity contribution in [1.82, 2.24) is 5.32 Å². The molecule has 1 fully saturated rings. The van der Waals surface area contributed by atoms with Gasteiger partial charge in [-0.25, -0.2) is 0 Å². The Morgan fingerprint density at radius 3 is 2.71 bits per heavy atom. The maximum Gasteiger partial charge on any atom is 0.115 e. The Hall–Kier alpha value is -1.02. The van der Waals surface area contributed by atoms with E-state index in [0.717, 1.165) is 24.9 Å². The fraction of sp³-hybridized carbons (Fsp3) is 0.600. The molecule has 2 atom stereocenters. The average Bonchev–Trinajstić information content (AvgIpc) is 2.33. The zero-order valence-electron chi connectivity index (χ0n) is 10.7. The second-order valence-corrected chi connectivity index (χ2v) is 5.16. The first-order valence-corrected chi connectivity index (χ1v) is 6.79. The van der Waals surface area contributed by atoms with Crippen LogP contribution in [0.2, 0.25) is 0 Å². The Morgan fingerprint density at radius 2 is 2.00 bits per heavy atom. The van der Waals surface area contributed by atoms with Crippen molar-refractivity contribution in [2.75, 3.05) is 6.54 Å². The smallest absolute Gasteiger partial charge is 0.115 e. The topological polar surface area (TPSA) is 32.3 Å². The van der Waals surface area contributed by atoms with Gasteiger partial charge < -0.3 is 10.4 Å². The second kappa shape index (κ2) is 6.06. The number of hydrogen-bond acceptors (Lipinski definition) is 2. The van der Waals surface area contributed by atoms with Crippen LogP contribution in [0.4, 0.5) is 0 Å². The van der Waals surface area contributed by atoms with Crippen LogP contribution in [0.3, 0.4) is 0 Å². The van der Waals surface area contributed by atoms with E-state index in [1.165, 1.54) is 31.2 Å². The van der Waals surface area contributed by atoms with Crippen molar-refractivity contribution in [3.8, 4) is 5.75 Å². The van der Waals surface area contributed by atoms with Gasteiger partial charge in [0, 0.05) is 6.04 Å². The van der Waals surface area contributed by atoms with Crippen molar-refractivity contribution >= 4 is 0 Å². The summed E-state index contributed by atoms with van der Waals surface area (Å²) in [6.07, 6.45) is 6.49. The van der Waals surface area contributed by atoms with Gasteiger partial charge in [-0.05, 0) is 49.4 Å². The third kappa shape index (κ3) is 3.74. The van der Waals surface area contributed by atoms with Gasteiger partial charge in [0.1, 0.15) is 5.75 Å². The minimum absolute atomic E-state index is 0.364. The van der Waals surface area contributed by atoms with Crippen LogP contribution in [0.1, 0.15) is 38.2 Å². The molecule has 17 heavy (non-hydrogen) atoms. The van der Waals surface area contributed by atoms with E-state index in [1.54, 1.807) is 12.1 Å². The number of rotatable bonds is 4. The lowest BCUT2D eigenvalue weighted by Gasteiger charge is -2.29. The Morgan fingerprint density at radius 1 is 1.24 bits per heavy atom. The van der Waals surface area contributed by atoms with Crippen LogP contribution in [0.25, 0.3) is 0 Å². The third-order valence-electron chi connectivity index (χ3n) is 3.74. The largest absolute Gasteiger partial charge is 0.508 e. The molecule has 1 aromatic rings. The molecule has 2 rings (SSSR count). The summed E-state index contributed by atoms with van der Waals surface area (Å²) in [5, 5.41) is 12.8. The minimum atomic E-state index is 0.364. The number of benzene rings is 1. The lowest BCUT2D eigenvalue weighted by Crippen LogP contribution is -2.34. The van der Waals surface area contributed by atoms with Gasteiger partial charge in [-0.15, -0.1) is 0 Å². The van der Waals surface area contributed by atoms with Crippen LogP contribution in [0.5, 0.6) is 5.75 Å². The second-order valence-electron chi connectivity index (χ2n) is 5.16. The van der Waals surface area contributed by atoms with Gasteiger partial charge in [0.15, 0.2) is 0 Å². The van der Waals surface area contributed by atoms with E-state index in [1.807, 2.05) is 12.1 Å². The van der Waals surface area contributed by atoms with E-state index in [4.69, 9.17) is 0 Å². The van der Waals surface area contributed by atoms with E-state index in [9.17, 15) is 5.11 Å². The minimum Gasteiger partial charge on any atom is -0.508 e. The highest BCUT2D eigenvalue weighted by molar-refractivity contribution is 5.26. The summed E-state index contributed by atoms with van der Waals surface area (Å²) in [5.41, 5.74) is 1.35. The normalized spacial score (nSPS) is 24.8. The van der Waals surface area contributed by atoms with Gasteiger partial charge in [-0.1, -0.05) is 31.9 Å². The lowest BCUT2D eigenvalue weighted by atomic mass is 9.82. The molecule has 0 aromatic heterocycles. The molecule has 0 aliphatic heterocycles. The number of phenolic OH excluding ortho intramolecular Hbond substituents is 1. The zero-order chi connectivity index (χ0) is 12.1. The van der Waals surface area contributed by atoms with Crippen LogP contribution >= 0.6 is 0 Å². The number of phenols is 1. The molecule has 1 aromatic carbocycles. The van der Waals surface area contributed by atoms with Crippen molar-refractivity contribution in [2.24, 2.45) is 5.92 Å². The highest BCUT2D eigenvalue weighted by Crippen LogP contribution is 2.27. The molecule has 2 N–H and O–H groups in total. The number of nitrogens with one attached hydrogen (secondary N) is 1. The van der Waals surface area contributed by atoms with Gasteiger partial charge in [-0.2, -0.15) is 0 Å². The molecular formula is C15H23NO. The Bertz CT molecular complexity index is 331. The molecule has 0 saturated heterocycles. The van der Waals surface area contributed by atoms with Crippen molar-refractivity contribution < 1.29 is 5.11 Å². The highest BCUT2D eigenvalue weighted by Gasteiger charge is 2.21. The van der Waals surface area contributed by atoms with Crippen molar-refractivity contribution in [3.05, 3.63) is 29.8 Å². The third-order valence-corrected chi connectivity index (χ3v) is 3.74. The van der Waals surface area contributed by atoms with E-state index in [2.05, 4.69) is 12.2 Å². The molecule has 1 saturated carbocycles. The molecule has 2 unspecified atom stereocenters. The van der Waals surface area contributed by atoms with E-state index in [-0.39, 0.29) is 0 Å². The predicted octanol–water partition coefficient (Wildman–Crippen LogP) is 3.10. The predicted molar refractivity (Wildman–Crippen MR) is 71.2 cm³/mol. The Kier molecular flexibility index (Phi) is 4.43. The van der Waals surface area contributed by atoms with E-state index in [0.29, 0.717) is 5.75 Å². The van der Waals surface area contributed by atoms with E-state index < -0.39 is 0 Å². The van der Waals surface area contributed by atoms with Gasteiger partial charge in [0.25, 0.3) is 0 Å². The summed E-state index contributed by atoms with van der Waals surface area (Å²) in [6, 6.07) is 8.40. The average molecular weight is 233 g/mol. The van der Waals surface area contributed by atoms with Crippen molar-refractivity contribution in [3.63, 3.8) is 0 Å². The fourth-order valence-electron chi connectivity index (χ4n) is 2.92. The summed E-state index contributed by atoms with van der Waals surface area (Å²) in [5.74, 6) is 1.17. The molecule has 0 amide bonds. The maximum absolute atomic E-state index is 9.26. The summed E-state index contributed by atoms with van der Waals surface area (Å²) < 4.78 is 0. The summed E-state index contributed by atoms with van der Waals surface area (Å²) in [6.45, 7) is 3.26. The zero-order valence-corrected chi connectivity index (χ0v) is 10.7. The molecule has 2 nitrogen and oxygen atoms in total. The standard InChI is InChI=1S/C15H23NO/c1-2-16-14-5-3-4-13(11-14)10-12-6-8-15(17)9-7-12/h6-9,13-14,16-17H,2-5,10-11H2,1H3. The molecule has 0 spiro atoms. The first kappa shape index (κ1) is 12.4. The SMILES string of the molecule is CCNC1CCCC(Cc2ccc(O)cc2)C1. The fourth-order valence-corrected chi connectivity index (χ4v) is 2.92. The summed E-state index contributed by atoms with van der Waals surface area (Å²) in [7, 11) is 0. The molecule has 1 aliphatic rings. The monoisotopic (exact) mass is 233 g/mol. The lowest BCUT2D eigenvalue weighted by molar-refractivity contribution is 0.287. The molecular weight excluding hydrogens is 210 g/mol. The number of aromatic hydroxyl groups is 1. The van der Waals surface area contributed by atoms with Crippen LogP contribution in [0.15, 0.2) is 24.3 Å². The van der Waals surface area contributed by atoms with Crippen LogP contribution in [0, 0.1) is 5.92 Å². The van der Waals surface area contributed by atoms with Gasteiger partial charge in [-0.3, -0.25) is 0 Å². The molecule has 1 aliphatic carbocycles. The molecule has 2 heteroatoms. The van der Waals surface area contributed by atoms with Crippen molar-refractivity contribution in [2.45, 2.75) is 45.1 Å². The first-order valence-electron chi connectivity index (χ1n) is 6.79. The molecule has 0 heterocycles. The Labute approximate surface area is 104 Å². The van der Waals surface area contributed by atoms with E-state index >= 15 is 0 Å². The van der Waals surface area contributed by atoms with Gasteiger partial charge in [0.2, 0.25) is 0 Å². The van der Waals surface area contributed by atoms with Crippen LogP contribution < -0.4 is 5.32 Å². The maximum atomic E-state index is 9.26. The summed E-state index contributed by atoms with van der Waals surface area (Å²) in [4.78, 5) is 0. The summed E-state index contributed by atoms with van der Waals surface area (Å²) >= 11 is 0. The molecule has 0 bridgehead atoms. The molecule has 0 radical (unpaired) electrons. The highest BCUT2D eigenvalue weighted by atomic mass is 16.3. The van der Waals surface area contributed by atoms with Crippen LogP contribution in [-0.2, 0) is 6.42 Å². The van der Waals surface area contributed by atoms with Crippen LogP contribution in [-0.4, -0.2) is 17.7 Å². The Balaban J connectivity index is 1.87. The number of hydrogen-bond donors (Lipinski definition) is 2. The van der Waals surface area contributed by atoms with Gasteiger partial charge >= 0.3 is 0 Å². The quantitative estimate of drug-likeness (QED) is 0.837.